The highest BCUT2D eigenvalue weighted by Gasteiger charge is 2.45. The number of hydrogen-bond acceptors (Lipinski definition) is 4. The molecule has 3 fully saturated rings. The van der Waals surface area contributed by atoms with Gasteiger partial charge in [0.1, 0.15) is 0 Å². The average molecular weight is 375 g/mol. The first-order chi connectivity index (χ1) is 13.2. The number of hydrogen-bond donors (Lipinski definition) is 2. The molecule has 5 nitrogen and oxygen atoms in total. The average Bonchev–Trinajstić information content (AvgIpc) is 2.68. The quantitative estimate of drug-likeness (QED) is 0.826. The van der Waals surface area contributed by atoms with Gasteiger partial charge in [0.2, 0.25) is 5.91 Å². The topological polar surface area (TPSA) is 53.6 Å². The summed E-state index contributed by atoms with van der Waals surface area (Å²) in [5.41, 5.74) is 0.671. The van der Waals surface area contributed by atoms with Gasteiger partial charge in [-0.3, -0.25) is 9.69 Å². The van der Waals surface area contributed by atoms with Crippen LogP contribution in [0.5, 0.6) is 5.75 Å². The highest BCUT2D eigenvalue weighted by Crippen LogP contribution is 2.38. The summed E-state index contributed by atoms with van der Waals surface area (Å²) >= 11 is 0. The first-order valence-corrected chi connectivity index (χ1v) is 10.2. The van der Waals surface area contributed by atoms with Crippen molar-refractivity contribution in [1.29, 1.82) is 0 Å². The summed E-state index contributed by atoms with van der Waals surface area (Å²) in [5, 5.41) is 6.72. The normalized spacial score (nSPS) is 30.4. The smallest absolute Gasteiger partial charge is 0.224 e. The van der Waals surface area contributed by atoms with Gasteiger partial charge in [-0.1, -0.05) is 12.5 Å². The maximum Gasteiger partial charge on any atom is 0.224 e. The first kappa shape index (κ1) is 18.7. The summed E-state index contributed by atoms with van der Waals surface area (Å²) in [7, 11) is 1.44. The minimum Gasteiger partial charge on any atom is -0.494 e. The molecule has 1 aromatic carbocycles. The van der Waals surface area contributed by atoms with E-state index in [4.69, 9.17) is 4.74 Å². The van der Waals surface area contributed by atoms with E-state index >= 15 is 0 Å². The number of nitrogens with zero attached hydrogens (tertiary/aromatic N) is 1. The zero-order valence-corrected chi connectivity index (χ0v) is 16.0. The second-order valence-electron chi connectivity index (χ2n) is 8.23. The third-order valence-electron chi connectivity index (χ3n) is 6.61. The Bertz CT molecular complexity index is 683. The zero-order valence-electron chi connectivity index (χ0n) is 16.0. The number of halogens is 1. The largest absolute Gasteiger partial charge is 0.494 e. The van der Waals surface area contributed by atoms with E-state index in [9.17, 15) is 9.18 Å². The molecular weight excluding hydrogens is 345 g/mol. The van der Waals surface area contributed by atoms with E-state index in [2.05, 4.69) is 15.5 Å². The van der Waals surface area contributed by atoms with Gasteiger partial charge in [0.05, 0.1) is 13.5 Å². The van der Waals surface area contributed by atoms with Crippen LogP contribution in [0.4, 0.5) is 4.39 Å². The van der Waals surface area contributed by atoms with Crippen molar-refractivity contribution in [1.82, 2.24) is 15.5 Å². The molecule has 0 unspecified atom stereocenters. The maximum atomic E-state index is 13.8. The van der Waals surface area contributed by atoms with Gasteiger partial charge in [-0.25, -0.2) is 4.39 Å². The predicted molar refractivity (Wildman–Crippen MR) is 102 cm³/mol. The molecular formula is C21H30FN3O2. The van der Waals surface area contributed by atoms with Crippen molar-refractivity contribution in [2.24, 2.45) is 11.8 Å². The number of rotatable bonds is 5. The van der Waals surface area contributed by atoms with Crippen molar-refractivity contribution in [2.75, 3.05) is 33.3 Å². The van der Waals surface area contributed by atoms with Crippen LogP contribution in [0.3, 0.4) is 0 Å². The van der Waals surface area contributed by atoms with Crippen LogP contribution in [0.15, 0.2) is 18.2 Å². The van der Waals surface area contributed by atoms with Crippen molar-refractivity contribution in [3.8, 4) is 5.75 Å². The Kier molecular flexibility index (Phi) is 5.64. The molecule has 2 bridgehead atoms. The fourth-order valence-electron chi connectivity index (χ4n) is 5.33. The van der Waals surface area contributed by atoms with E-state index in [1.165, 1.54) is 38.9 Å². The van der Waals surface area contributed by atoms with Gasteiger partial charge < -0.3 is 15.4 Å². The molecule has 3 aliphatic heterocycles. The number of ether oxygens (including phenoxy) is 1. The fraction of sp³-hybridized carbons (Fsp3) is 0.667. The molecule has 3 saturated heterocycles. The zero-order chi connectivity index (χ0) is 18.8. The molecule has 2 N–H and O–H groups in total. The lowest BCUT2D eigenvalue weighted by Crippen LogP contribution is -2.65. The van der Waals surface area contributed by atoms with Crippen LogP contribution < -0.4 is 15.4 Å². The lowest BCUT2D eigenvalue weighted by molar-refractivity contribution is -0.121. The molecule has 6 heteroatoms. The van der Waals surface area contributed by atoms with Crippen LogP contribution in [0.1, 0.15) is 31.2 Å². The molecule has 0 radical (unpaired) electrons. The van der Waals surface area contributed by atoms with Crippen LogP contribution >= 0.6 is 0 Å². The lowest BCUT2D eigenvalue weighted by Gasteiger charge is -2.55. The van der Waals surface area contributed by atoms with Crippen molar-refractivity contribution < 1.29 is 13.9 Å². The van der Waals surface area contributed by atoms with E-state index in [1.807, 2.05) is 0 Å². The number of amides is 1. The number of carbonyl (C=O) groups is 1. The van der Waals surface area contributed by atoms with Gasteiger partial charge in [0.15, 0.2) is 11.6 Å². The van der Waals surface area contributed by atoms with Crippen LogP contribution in [0.25, 0.3) is 0 Å². The van der Waals surface area contributed by atoms with Crippen molar-refractivity contribution in [3.63, 3.8) is 0 Å². The first-order valence-electron chi connectivity index (χ1n) is 10.2. The molecule has 4 atom stereocenters. The molecule has 27 heavy (non-hydrogen) atoms. The number of piperidine rings is 3. The molecule has 3 heterocycles. The number of nitrogens with one attached hydrogen (secondary N) is 2. The van der Waals surface area contributed by atoms with Crippen molar-refractivity contribution in [3.05, 3.63) is 29.6 Å². The SMILES string of the molecule is COc1ccc(CC(=O)NC[C@H]2[C@@H]3CNC[C@@H](C3)[C@@H]3CCCCN32)cc1F. The second-order valence-corrected chi connectivity index (χ2v) is 8.23. The third kappa shape index (κ3) is 3.97. The van der Waals surface area contributed by atoms with Crippen molar-refractivity contribution in [2.45, 2.75) is 44.2 Å². The third-order valence-corrected chi connectivity index (χ3v) is 6.61. The van der Waals surface area contributed by atoms with E-state index in [0.29, 0.717) is 30.1 Å². The van der Waals surface area contributed by atoms with Gasteiger partial charge in [0.25, 0.3) is 0 Å². The Balaban J connectivity index is 1.36. The van der Waals surface area contributed by atoms with Crippen LogP contribution in [-0.4, -0.2) is 56.2 Å². The summed E-state index contributed by atoms with van der Waals surface area (Å²) in [6.07, 6.45) is 5.35. The summed E-state index contributed by atoms with van der Waals surface area (Å²) in [6.45, 7) is 4.03. The number of methoxy groups -OCH3 is 1. The second kappa shape index (κ2) is 8.15. The van der Waals surface area contributed by atoms with E-state index in [-0.39, 0.29) is 18.1 Å². The monoisotopic (exact) mass is 375 g/mol. The summed E-state index contributed by atoms with van der Waals surface area (Å²) in [6, 6.07) is 5.79. The van der Waals surface area contributed by atoms with Crippen LogP contribution in [0.2, 0.25) is 0 Å². The molecule has 0 aromatic heterocycles. The standard InChI is InChI=1S/C21H30FN3O2/c1-27-20-6-5-14(8-17(20)22)9-21(26)24-13-19-16-10-15(11-23-12-16)18-4-2-3-7-25(18)19/h5-6,8,15-16,18-19,23H,2-4,7,9-13H2,1H3,(H,24,26)/t15-,16+,18+,19+/m1/s1. The Labute approximate surface area is 160 Å². The van der Waals surface area contributed by atoms with E-state index in [1.54, 1.807) is 12.1 Å². The van der Waals surface area contributed by atoms with Crippen molar-refractivity contribution >= 4 is 5.91 Å². The number of fused-ring (bicyclic) bond motifs is 4. The molecule has 1 aromatic rings. The number of benzene rings is 1. The van der Waals surface area contributed by atoms with Crippen LogP contribution in [-0.2, 0) is 11.2 Å². The Morgan fingerprint density at radius 2 is 2.19 bits per heavy atom. The minimum atomic E-state index is -0.425. The fourth-order valence-corrected chi connectivity index (χ4v) is 5.33. The molecule has 1 amide bonds. The van der Waals surface area contributed by atoms with Gasteiger partial charge in [-0.05, 0) is 68.4 Å². The molecule has 148 valence electrons. The highest BCUT2D eigenvalue weighted by atomic mass is 19.1. The highest BCUT2D eigenvalue weighted by molar-refractivity contribution is 5.78. The maximum absolute atomic E-state index is 13.8. The summed E-state index contributed by atoms with van der Waals surface area (Å²) in [5.74, 6) is 1.11. The van der Waals surface area contributed by atoms with E-state index in [0.717, 1.165) is 25.6 Å². The minimum absolute atomic E-state index is 0.0426. The summed E-state index contributed by atoms with van der Waals surface area (Å²) < 4.78 is 18.8. The van der Waals surface area contributed by atoms with Gasteiger partial charge in [0, 0.05) is 18.6 Å². The molecule has 4 rings (SSSR count). The Hall–Kier alpha value is -1.66. The van der Waals surface area contributed by atoms with Gasteiger partial charge in [-0.15, -0.1) is 0 Å². The lowest BCUT2D eigenvalue weighted by atomic mass is 9.73. The number of carbonyl (C=O) groups excluding carboxylic acids is 1. The Morgan fingerprint density at radius 3 is 3.00 bits per heavy atom. The Morgan fingerprint density at radius 1 is 1.33 bits per heavy atom. The van der Waals surface area contributed by atoms with E-state index < -0.39 is 5.82 Å². The molecule has 0 spiro atoms. The predicted octanol–water partition coefficient (Wildman–Crippen LogP) is 1.96. The molecule has 3 aliphatic rings. The molecule has 0 aliphatic carbocycles. The van der Waals surface area contributed by atoms with Gasteiger partial charge in [-0.2, -0.15) is 0 Å². The summed E-state index contributed by atoms with van der Waals surface area (Å²) in [4.78, 5) is 15.1. The van der Waals surface area contributed by atoms with Crippen LogP contribution in [0, 0.1) is 17.7 Å². The van der Waals surface area contributed by atoms with Gasteiger partial charge >= 0.3 is 0 Å². The molecule has 0 saturated carbocycles.